The summed E-state index contributed by atoms with van der Waals surface area (Å²) in [5, 5.41) is 23.3. The Morgan fingerprint density at radius 3 is 2.68 bits per heavy atom. The van der Waals surface area contributed by atoms with E-state index >= 15 is 0 Å². The number of aromatic nitrogens is 4. The molecule has 25 heavy (non-hydrogen) atoms. The Morgan fingerprint density at radius 1 is 1.44 bits per heavy atom. The molecule has 1 aliphatic carbocycles. The maximum atomic E-state index is 10.0. The minimum absolute atomic E-state index is 0.165. The minimum Gasteiger partial charge on any atom is -0.392 e. The highest BCUT2D eigenvalue weighted by atomic mass is 35.5. The first-order valence-corrected chi connectivity index (χ1v) is 8.93. The van der Waals surface area contributed by atoms with Crippen molar-refractivity contribution in [2.75, 3.05) is 18.9 Å². The quantitative estimate of drug-likeness (QED) is 0.730. The van der Waals surface area contributed by atoms with E-state index in [1.165, 1.54) is 0 Å². The summed E-state index contributed by atoms with van der Waals surface area (Å²) in [5.74, 6) is 0.843. The van der Waals surface area contributed by atoms with Gasteiger partial charge in [-0.15, -0.1) is 5.10 Å². The fourth-order valence-electron chi connectivity index (χ4n) is 3.30. The number of nitrogens with two attached hydrogens (primary N) is 1. The molecule has 2 aromatic rings. The Labute approximate surface area is 151 Å². The number of rotatable bonds is 2. The van der Waals surface area contributed by atoms with Crippen LogP contribution in [0, 0.1) is 0 Å². The second-order valence-electron chi connectivity index (χ2n) is 6.70. The van der Waals surface area contributed by atoms with Gasteiger partial charge in [0, 0.05) is 6.61 Å². The fraction of sp³-hybridized carbons (Fsp3) is 0.688. The lowest BCUT2D eigenvalue weighted by atomic mass is 9.65. The number of halogens is 1. The van der Waals surface area contributed by atoms with Crippen molar-refractivity contribution in [3.05, 3.63) is 17.2 Å². The van der Waals surface area contributed by atoms with Gasteiger partial charge in [0.05, 0.1) is 30.4 Å². The van der Waals surface area contributed by atoms with E-state index in [1.807, 2.05) is 0 Å². The Balaban J connectivity index is 0.000000219. The molecule has 0 spiro atoms. The second kappa shape index (κ2) is 7.41. The zero-order valence-electron chi connectivity index (χ0n) is 14.2. The lowest BCUT2D eigenvalue weighted by Gasteiger charge is -2.42. The normalized spacial score (nSPS) is 23.4. The third-order valence-corrected chi connectivity index (χ3v) is 5.27. The standard InChI is InChI=1S/C11H14ClN5O.C5H10O2/c1-6(18)11(3-2-4-11)9-15-8(12)7-5-14-10(13)16-17(7)9;6-5-2-1-3-7-4-5/h5-6,18H,2-4H2,1H3,(H2,13,16);5-6H,1-4H2. The predicted octanol–water partition coefficient (Wildman–Crippen LogP) is 1.32. The van der Waals surface area contributed by atoms with Crippen LogP contribution in [0.2, 0.25) is 5.15 Å². The average molecular weight is 370 g/mol. The van der Waals surface area contributed by atoms with Gasteiger partial charge in [-0.25, -0.2) is 14.5 Å². The topological polar surface area (TPSA) is 119 Å². The van der Waals surface area contributed by atoms with E-state index in [9.17, 15) is 5.11 Å². The number of imidazole rings is 1. The van der Waals surface area contributed by atoms with E-state index in [-0.39, 0.29) is 17.5 Å². The molecule has 2 aromatic heterocycles. The van der Waals surface area contributed by atoms with Gasteiger partial charge in [0.25, 0.3) is 0 Å². The molecular formula is C16H24ClN5O3. The van der Waals surface area contributed by atoms with Crippen molar-refractivity contribution in [3.63, 3.8) is 0 Å². The van der Waals surface area contributed by atoms with Crippen LogP contribution in [0.4, 0.5) is 5.95 Å². The number of nitrogen functional groups attached to an aromatic ring is 1. The first-order chi connectivity index (χ1) is 11.9. The third-order valence-electron chi connectivity index (χ3n) is 4.99. The van der Waals surface area contributed by atoms with Gasteiger partial charge < -0.3 is 20.7 Å². The van der Waals surface area contributed by atoms with Crippen LogP contribution in [0.1, 0.15) is 44.9 Å². The molecule has 2 aliphatic rings. The smallest absolute Gasteiger partial charge is 0.238 e. The van der Waals surface area contributed by atoms with Crippen molar-refractivity contribution >= 4 is 23.1 Å². The van der Waals surface area contributed by atoms with Gasteiger partial charge in [-0.1, -0.05) is 18.0 Å². The molecule has 8 nitrogen and oxygen atoms in total. The molecule has 9 heteroatoms. The molecule has 3 heterocycles. The minimum atomic E-state index is -0.496. The molecule has 4 N–H and O–H groups in total. The highest BCUT2D eigenvalue weighted by molar-refractivity contribution is 6.32. The SMILES string of the molecule is CC(O)C1(c2nc(Cl)c3cnc(N)nn23)CCC1.OC1CCCOC1. The zero-order valence-corrected chi connectivity index (χ0v) is 15.0. The van der Waals surface area contributed by atoms with Gasteiger partial charge in [0.1, 0.15) is 11.3 Å². The molecule has 1 saturated carbocycles. The van der Waals surface area contributed by atoms with Crippen LogP contribution in [-0.4, -0.2) is 55.2 Å². The Hall–Kier alpha value is -1.48. The molecular weight excluding hydrogens is 346 g/mol. The highest BCUT2D eigenvalue weighted by Gasteiger charge is 2.47. The monoisotopic (exact) mass is 369 g/mol. The molecule has 1 saturated heterocycles. The lowest BCUT2D eigenvalue weighted by molar-refractivity contribution is -0.00535. The molecule has 0 aromatic carbocycles. The predicted molar refractivity (Wildman–Crippen MR) is 93.5 cm³/mol. The first-order valence-electron chi connectivity index (χ1n) is 8.55. The number of hydrogen-bond donors (Lipinski definition) is 3. The zero-order chi connectivity index (χ0) is 18.0. The summed E-state index contributed by atoms with van der Waals surface area (Å²) in [6.07, 6.45) is 5.63. The molecule has 4 rings (SSSR count). The highest BCUT2D eigenvalue weighted by Crippen LogP contribution is 2.46. The van der Waals surface area contributed by atoms with E-state index < -0.39 is 6.10 Å². The van der Waals surface area contributed by atoms with Crippen molar-refractivity contribution in [3.8, 4) is 0 Å². The molecule has 2 atom stereocenters. The van der Waals surface area contributed by atoms with Crippen molar-refractivity contribution in [1.29, 1.82) is 0 Å². The largest absolute Gasteiger partial charge is 0.392 e. The van der Waals surface area contributed by atoms with Crippen LogP contribution in [0.5, 0.6) is 0 Å². The van der Waals surface area contributed by atoms with Crippen LogP contribution >= 0.6 is 11.6 Å². The Kier molecular flexibility index (Phi) is 5.43. The van der Waals surface area contributed by atoms with Gasteiger partial charge in [-0.05, 0) is 32.6 Å². The summed E-state index contributed by atoms with van der Waals surface area (Å²) in [5.41, 5.74) is 5.86. The molecule has 0 bridgehead atoms. The number of nitrogens with zero attached hydrogens (tertiary/aromatic N) is 4. The number of anilines is 1. The number of hydrogen-bond acceptors (Lipinski definition) is 7. The van der Waals surface area contributed by atoms with Crippen molar-refractivity contribution in [1.82, 2.24) is 19.6 Å². The van der Waals surface area contributed by atoms with E-state index in [2.05, 4.69) is 15.1 Å². The number of fused-ring (bicyclic) bond motifs is 1. The molecule has 1 aliphatic heterocycles. The van der Waals surface area contributed by atoms with Gasteiger partial charge in [-0.3, -0.25) is 0 Å². The number of ether oxygens (including phenoxy) is 1. The van der Waals surface area contributed by atoms with Gasteiger partial charge in [-0.2, -0.15) is 0 Å². The summed E-state index contributed by atoms with van der Waals surface area (Å²) < 4.78 is 6.54. The van der Waals surface area contributed by atoms with E-state index in [0.29, 0.717) is 23.1 Å². The van der Waals surface area contributed by atoms with E-state index in [1.54, 1.807) is 17.6 Å². The van der Waals surface area contributed by atoms with Crippen LogP contribution < -0.4 is 5.73 Å². The van der Waals surface area contributed by atoms with Crippen LogP contribution in [0.25, 0.3) is 5.52 Å². The van der Waals surface area contributed by atoms with Crippen LogP contribution in [-0.2, 0) is 10.2 Å². The maximum Gasteiger partial charge on any atom is 0.238 e. The van der Waals surface area contributed by atoms with Crippen LogP contribution in [0.15, 0.2) is 6.20 Å². The summed E-state index contributed by atoms with van der Waals surface area (Å²) in [6, 6.07) is 0. The lowest BCUT2D eigenvalue weighted by Crippen LogP contribution is -2.45. The third kappa shape index (κ3) is 3.57. The van der Waals surface area contributed by atoms with Crippen molar-refractivity contribution in [2.45, 2.75) is 56.7 Å². The van der Waals surface area contributed by atoms with Gasteiger partial charge in [0.2, 0.25) is 5.95 Å². The number of aliphatic hydroxyl groups is 2. The summed E-state index contributed by atoms with van der Waals surface area (Å²) in [7, 11) is 0. The number of aliphatic hydroxyl groups excluding tert-OH is 2. The molecule has 2 fully saturated rings. The Bertz CT molecular complexity index is 726. The van der Waals surface area contributed by atoms with Gasteiger partial charge >= 0.3 is 0 Å². The summed E-state index contributed by atoms with van der Waals surface area (Å²) in [6.45, 7) is 3.15. The average Bonchev–Trinajstić information content (AvgIpc) is 2.84. The van der Waals surface area contributed by atoms with Crippen molar-refractivity contribution < 1.29 is 14.9 Å². The summed E-state index contributed by atoms with van der Waals surface area (Å²) in [4.78, 5) is 8.27. The first kappa shape index (κ1) is 18.3. The molecule has 0 radical (unpaired) electrons. The van der Waals surface area contributed by atoms with Crippen LogP contribution in [0.3, 0.4) is 0 Å². The maximum absolute atomic E-state index is 10.0. The molecule has 0 amide bonds. The molecule has 138 valence electrons. The van der Waals surface area contributed by atoms with Crippen molar-refractivity contribution in [2.24, 2.45) is 0 Å². The summed E-state index contributed by atoms with van der Waals surface area (Å²) >= 11 is 6.09. The van der Waals surface area contributed by atoms with E-state index in [0.717, 1.165) is 38.7 Å². The fourth-order valence-corrected chi connectivity index (χ4v) is 3.50. The molecule has 2 unspecified atom stereocenters. The van der Waals surface area contributed by atoms with E-state index in [4.69, 9.17) is 27.2 Å². The Morgan fingerprint density at radius 2 is 2.20 bits per heavy atom. The van der Waals surface area contributed by atoms with Gasteiger partial charge in [0.15, 0.2) is 5.15 Å². The second-order valence-corrected chi connectivity index (χ2v) is 7.05.